The lowest BCUT2D eigenvalue weighted by Crippen LogP contribution is -2.25. The number of rotatable bonds is 6. The number of hydrogen-bond acceptors (Lipinski definition) is 4. The van der Waals surface area contributed by atoms with Gasteiger partial charge in [0.1, 0.15) is 11.6 Å². The zero-order valence-corrected chi connectivity index (χ0v) is 13.6. The smallest absolute Gasteiger partial charge is 0.264 e. The van der Waals surface area contributed by atoms with Crippen LogP contribution in [0, 0.1) is 11.3 Å². The van der Waals surface area contributed by atoms with Gasteiger partial charge in [0.15, 0.2) is 0 Å². The fraction of sp³-hybridized carbons (Fsp3) is 0.111. The molecule has 2 aromatic rings. The summed E-state index contributed by atoms with van der Waals surface area (Å²) in [5, 5.41) is 15.8. The molecule has 23 heavy (non-hydrogen) atoms. The Balaban J connectivity index is 2.11. The van der Waals surface area contributed by atoms with Crippen molar-refractivity contribution in [3.63, 3.8) is 0 Å². The number of anilines is 1. The number of nitrogens with one attached hydrogen (secondary N) is 2. The molecule has 0 aromatic heterocycles. The molecule has 0 heterocycles. The average molecular weight is 323 g/mol. The maximum absolute atomic E-state index is 12.3. The summed E-state index contributed by atoms with van der Waals surface area (Å²) in [6, 6.07) is 21.0. The van der Waals surface area contributed by atoms with E-state index in [2.05, 4.69) is 10.6 Å². The van der Waals surface area contributed by atoms with Crippen molar-refractivity contribution in [3.8, 4) is 6.07 Å². The van der Waals surface area contributed by atoms with Crippen LogP contribution >= 0.6 is 11.8 Å². The van der Waals surface area contributed by atoms with Crippen LogP contribution in [0.4, 0.5) is 5.69 Å². The van der Waals surface area contributed by atoms with Gasteiger partial charge < -0.3 is 10.6 Å². The van der Waals surface area contributed by atoms with E-state index in [1.54, 1.807) is 0 Å². The van der Waals surface area contributed by atoms with Crippen LogP contribution in [0.3, 0.4) is 0 Å². The number of benzene rings is 2. The molecule has 116 valence electrons. The molecule has 1 amide bonds. The Morgan fingerprint density at radius 1 is 1.09 bits per heavy atom. The van der Waals surface area contributed by atoms with Crippen LogP contribution in [-0.4, -0.2) is 12.2 Å². The number of nitrogens with zero attached hydrogens (tertiary/aromatic N) is 1. The Kier molecular flexibility index (Phi) is 6.28. The quantitative estimate of drug-likeness (QED) is 0.631. The summed E-state index contributed by atoms with van der Waals surface area (Å²) in [5.41, 5.74) is 1.90. The summed E-state index contributed by atoms with van der Waals surface area (Å²) in [4.78, 5) is 12.3. The molecular weight excluding hydrogens is 306 g/mol. The number of carbonyl (C=O) groups is 1. The lowest BCUT2D eigenvalue weighted by Gasteiger charge is -2.11. The molecule has 0 spiro atoms. The number of hydrogen-bond donors (Lipinski definition) is 2. The Morgan fingerprint density at radius 2 is 1.70 bits per heavy atom. The zero-order valence-electron chi connectivity index (χ0n) is 12.7. The van der Waals surface area contributed by atoms with E-state index in [1.807, 2.05) is 73.0 Å². The van der Waals surface area contributed by atoms with Crippen LogP contribution in [0.1, 0.15) is 5.56 Å². The first-order valence-corrected chi connectivity index (χ1v) is 8.29. The fourth-order valence-corrected chi connectivity index (χ4v) is 2.50. The summed E-state index contributed by atoms with van der Waals surface area (Å²) in [5.74, 6) is -0.385. The molecule has 0 unspecified atom stereocenters. The summed E-state index contributed by atoms with van der Waals surface area (Å²) in [7, 11) is 0. The van der Waals surface area contributed by atoms with Gasteiger partial charge in [-0.1, -0.05) is 48.5 Å². The summed E-state index contributed by atoms with van der Waals surface area (Å²) in [6.07, 6.45) is 1.83. The molecule has 0 fully saturated rings. The van der Waals surface area contributed by atoms with Crippen molar-refractivity contribution in [3.05, 3.63) is 76.8 Å². The molecular formula is C18H17N3OS. The van der Waals surface area contributed by atoms with Crippen LogP contribution in [-0.2, 0) is 11.3 Å². The van der Waals surface area contributed by atoms with Crippen LogP contribution in [0.2, 0.25) is 0 Å². The van der Waals surface area contributed by atoms with E-state index in [4.69, 9.17) is 0 Å². The molecule has 0 radical (unpaired) electrons. The highest BCUT2D eigenvalue weighted by Gasteiger charge is 2.15. The number of thioether (sulfide) groups is 1. The molecule has 0 aliphatic heterocycles. The number of para-hydroxylation sites is 1. The van der Waals surface area contributed by atoms with E-state index in [1.165, 1.54) is 11.8 Å². The normalized spacial score (nSPS) is 11.1. The minimum absolute atomic E-state index is 0.0808. The highest BCUT2D eigenvalue weighted by molar-refractivity contribution is 8.02. The largest absolute Gasteiger partial charge is 0.349 e. The molecule has 2 rings (SSSR count). The number of amides is 1. The summed E-state index contributed by atoms with van der Waals surface area (Å²) >= 11 is 1.33. The number of carbonyl (C=O) groups excluding carboxylic acids is 1. The van der Waals surface area contributed by atoms with E-state index in [0.717, 1.165) is 11.3 Å². The highest BCUT2D eigenvalue weighted by atomic mass is 32.2. The van der Waals surface area contributed by atoms with E-state index in [0.29, 0.717) is 11.6 Å². The minimum Gasteiger partial charge on any atom is -0.349 e. The monoisotopic (exact) mass is 323 g/mol. The Labute approximate surface area is 140 Å². The van der Waals surface area contributed by atoms with Crippen LogP contribution in [0.15, 0.2) is 71.3 Å². The second-order valence-electron chi connectivity index (χ2n) is 4.68. The molecule has 0 aliphatic rings. The Morgan fingerprint density at radius 3 is 2.26 bits per heavy atom. The van der Waals surface area contributed by atoms with Gasteiger partial charge in [-0.3, -0.25) is 4.79 Å². The first kappa shape index (κ1) is 16.7. The first-order chi connectivity index (χ1) is 11.2. The van der Waals surface area contributed by atoms with Crippen molar-refractivity contribution in [2.24, 2.45) is 0 Å². The molecule has 5 heteroatoms. The lowest BCUT2D eigenvalue weighted by atomic mass is 10.2. The summed E-state index contributed by atoms with van der Waals surface area (Å²) in [6.45, 7) is 0.387. The second kappa shape index (κ2) is 8.66. The maximum atomic E-state index is 12.3. The van der Waals surface area contributed by atoms with Crippen LogP contribution in [0.5, 0.6) is 0 Å². The van der Waals surface area contributed by atoms with Gasteiger partial charge in [0.05, 0.1) is 5.03 Å². The highest BCUT2D eigenvalue weighted by Crippen LogP contribution is 2.20. The van der Waals surface area contributed by atoms with Gasteiger partial charge >= 0.3 is 0 Å². The van der Waals surface area contributed by atoms with Crippen molar-refractivity contribution >= 4 is 23.4 Å². The van der Waals surface area contributed by atoms with E-state index in [-0.39, 0.29) is 11.5 Å². The third kappa shape index (κ3) is 4.90. The van der Waals surface area contributed by atoms with E-state index >= 15 is 0 Å². The van der Waals surface area contributed by atoms with Crippen molar-refractivity contribution in [2.75, 3.05) is 11.6 Å². The van der Waals surface area contributed by atoms with Gasteiger partial charge in [-0.25, -0.2) is 0 Å². The Bertz CT molecular complexity index is 721. The predicted octanol–water partition coefficient (Wildman–Crippen LogP) is 3.51. The predicted molar refractivity (Wildman–Crippen MR) is 94.5 cm³/mol. The van der Waals surface area contributed by atoms with Gasteiger partial charge in [0.2, 0.25) is 0 Å². The molecule has 2 aromatic carbocycles. The third-order valence-electron chi connectivity index (χ3n) is 3.10. The zero-order chi connectivity index (χ0) is 16.5. The van der Waals surface area contributed by atoms with Crippen molar-refractivity contribution in [1.29, 1.82) is 5.26 Å². The van der Waals surface area contributed by atoms with Crippen molar-refractivity contribution < 1.29 is 4.79 Å². The topological polar surface area (TPSA) is 64.9 Å². The second-order valence-corrected chi connectivity index (χ2v) is 5.50. The molecule has 0 saturated carbocycles. The lowest BCUT2D eigenvalue weighted by molar-refractivity contribution is -0.117. The maximum Gasteiger partial charge on any atom is 0.264 e. The first-order valence-electron chi connectivity index (χ1n) is 7.07. The molecule has 0 saturated heterocycles. The summed E-state index contributed by atoms with van der Waals surface area (Å²) < 4.78 is 0. The average Bonchev–Trinajstić information content (AvgIpc) is 2.61. The van der Waals surface area contributed by atoms with E-state index < -0.39 is 0 Å². The third-order valence-corrected chi connectivity index (χ3v) is 3.81. The van der Waals surface area contributed by atoms with Crippen LogP contribution < -0.4 is 10.6 Å². The fourth-order valence-electron chi connectivity index (χ4n) is 1.94. The standard InChI is InChI=1S/C18H17N3OS/c1-23-18(21-15-10-6-3-7-11-15)16(12-19)17(22)20-13-14-8-4-2-5-9-14/h2-11,21H,13H2,1H3,(H,20,22). The molecule has 0 bridgehead atoms. The minimum atomic E-state index is -0.385. The molecule has 2 N–H and O–H groups in total. The molecule has 0 atom stereocenters. The van der Waals surface area contributed by atoms with E-state index in [9.17, 15) is 10.1 Å². The van der Waals surface area contributed by atoms with Gasteiger partial charge in [0.25, 0.3) is 5.91 Å². The number of nitriles is 1. The van der Waals surface area contributed by atoms with Crippen molar-refractivity contribution in [1.82, 2.24) is 5.32 Å². The van der Waals surface area contributed by atoms with Gasteiger partial charge in [-0.2, -0.15) is 5.26 Å². The van der Waals surface area contributed by atoms with Gasteiger partial charge in [-0.05, 0) is 24.0 Å². The molecule has 0 aliphatic carbocycles. The van der Waals surface area contributed by atoms with Crippen molar-refractivity contribution in [2.45, 2.75) is 6.54 Å². The van der Waals surface area contributed by atoms with Gasteiger partial charge in [0, 0.05) is 12.2 Å². The van der Waals surface area contributed by atoms with Crippen LogP contribution in [0.25, 0.3) is 0 Å². The van der Waals surface area contributed by atoms with Gasteiger partial charge in [-0.15, -0.1) is 11.8 Å². The SMILES string of the molecule is CSC(Nc1ccccc1)=C(C#N)C(=O)NCc1ccccc1. The molecule has 4 nitrogen and oxygen atoms in total. The Hall–Kier alpha value is -2.71.